The molecule has 16 heavy (non-hydrogen) atoms. The van der Waals surface area contributed by atoms with E-state index in [1.807, 2.05) is 20.8 Å². The van der Waals surface area contributed by atoms with Gasteiger partial charge in [-0.3, -0.25) is 0 Å². The molecule has 1 N–H and O–H groups in total. The van der Waals surface area contributed by atoms with Crippen molar-refractivity contribution in [3.05, 3.63) is 17.0 Å². The molecule has 1 heterocycles. The van der Waals surface area contributed by atoms with Crippen molar-refractivity contribution in [2.75, 3.05) is 6.61 Å². The molecule has 0 spiro atoms. The molecule has 0 amide bonds. The van der Waals surface area contributed by atoms with Gasteiger partial charge in [-0.2, -0.15) is 15.4 Å². The van der Waals surface area contributed by atoms with Crippen LogP contribution in [-0.4, -0.2) is 28.0 Å². The van der Waals surface area contributed by atoms with Crippen molar-refractivity contribution in [3.63, 3.8) is 0 Å². The third-order valence-electron chi connectivity index (χ3n) is 2.87. The van der Waals surface area contributed by atoms with Gasteiger partial charge < -0.3 is 4.74 Å². The first-order chi connectivity index (χ1) is 7.65. The normalized spacial score (nSPS) is 19.6. The standard InChI is InChI=1S/C11H15N3O2/c1-4-16-11(15)9-6(2)5-8-10(7(9)3)13-14-12-8/h6H,4-5H2,1-3H3,(H,12,13,14)/t6-/m1/s1. The molecule has 0 saturated heterocycles. The minimum Gasteiger partial charge on any atom is -0.463 e. The number of esters is 1. The van der Waals surface area contributed by atoms with Crippen LogP contribution < -0.4 is 0 Å². The van der Waals surface area contributed by atoms with E-state index in [4.69, 9.17) is 4.74 Å². The molecule has 2 rings (SSSR count). The summed E-state index contributed by atoms with van der Waals surface area (Å²) >= 11 is 0. The lowest BCUT2D eigenvalue weighted by atomic mass is 9.85. The molecule has 1 atom stereocenters. The Kier molecular flexibility index (Phi) is 2.77. The van der Waals surface area contributed by atoms with Crippen LogP contribution in [0.2, 0.25) is 0 Å². The Morgan fingerprint density at radius 1 is 1.56 bits per heavy atom. The molecule has 0 radical (unpaired) electrons. The Morgan fingerprint density at radius 2 is 2.31 bits per heavy atom. The molecule has 5 nitrogen and oxygen atoms in total. The Labute approximate surface area is 93.9 Å². The lowest BCUT2D eigenvalue weighted by Gasteiger charge is -2.21. The summed E-state index contributed by atoms with van der Waals surface area (Å²) in [6.45, 7) is 6.10. The van der Waals surface area contributed by atoms with Gasteiger partial charge in [0.15, 0.2) is 0 Å². The average Bonchev–Trinajstić information content (AvgIpc) is 2.66. The van der Waals surface area contributed by atoms with Gasteiger partial charge in [-0.1, -0.05) is 6.92 Å². The number of aromatic nitrogens is 3. The lowest BCUT2D eigenvalue weighted by molar-refractivity contribution is -0.139. The summed E-state index contributed by atoms with van der Waals surface area (Å²) in [5.74, 6) is -0.0993. The van der Waals surface area contributed by atoms with Gasteiger partial charge in [0.05, 0.1) is 12.3 Å². The molecule has 0 aliphatic heterocycles. The number of carbonyl (C=O) groups is 1. The van der Waals surface area contributed by atoms with E-state index in [-0.39, 0.29) is 11.9 Å². The number of aromatic amines is 1. The van der Waals surface area contributed by atoms with Crippen molar-refractivity contribution in [3.8, 4) is 0 Å². The van der Waals surface area contributed by atoms with Gasteiger partial charge >= 0.3 is 5.97 Å². The highest BCUT2D eigenvalue weighted by Gasteiger charge is 2.30. The van der Waals surface area contributed by atoms with Crippen molar-refractivity contribution >= 4 is 11.5 Å². The number of fused-ring (bicyclic) bond motifs is 1. The highest BCUT2D eigenvalue weighted by atomic mass is 16.5. The molecular formula is C11H15N3O2. The van der Waals surface area contributed by atoms with E-state index in [1.165, 1.54) is 0 Å². The third-order valence-corrected chi connectivity index (χ3v) is 2.87. The maximum atomic E-state index is 11.8. The summed E-state index contributed by atoms with van der Waals surface area (Å²) in [7, 11) is 0. The van der Waals surface area contributed by atoms with Gasteiger partial charge in [-0.05, 0) is 25.3 Å². The minimum atomic E-state index is -0.235. The van der Waals surface area contributed by atoms with Gasteiger partial charge in [0.25, 0.3) is 0 Å². The molecule has 1 aliphatic carbocycles. The third kappa shape index (κ3) is 1.62. The highest BCUT2D eigenvalue weighted by Crippen LogP contribution is 2.32. The number of H-pyrrole nitrogens is 1. The molecule has 0 aromatic carbocycles. The summed E-state index contributed by atoms with van der Waals surface area (Å²) in [6.07, 6.45) is 0.733. The first kappa shape index (κ1) is 10.9. The van der Waals surface area contributed by atoms with Crippen LogP contribution in [0.4, 0.5) is 0 Å². The number of hydrogen-bond donors (Lipinski definition) is 1. The molecule has 0 unspecified atom stereocenters. The van der Waals surface area contributed by atoms with E-state index in [9.17, 15) is 4.79 Å². The zero-order chi connectivity index (χ0) is 11.7. The molecule has 1 aromatic rings. The van der Waals surface area contributed by atoms with Crippen LogP contribution in [0, 0.1) is 5.92 Å². The predicted molar refractivity (Wildman–Crippen MR) is 58.5 cm³/mol. The Hall–Kier alpha value is -1.65. The van der Waals surface area contributed by atoms with Crippen LogP contribution in [0.15, 0.2) is 5.57 Å². The molecule has 1 aliphatic rings. The zero-order valence-corrected chi connectivity index (χ0v) is 9.70. The number of nitrogens with zero attached hydrogens (tertiary/aromatic N) is 2. The fraction of sp³-hybridized carbons (Fsp3) is 0.545. The van der Waals surface area contributed by atoms with Gasteiger partial charge in [0.1, 0.15) is 5.69 Å². The Balaban J connectivity index is 2.43. The fourth-order valence-corrected chi connectivity index (χ4v) is 2.15. The molecule has 0 bridgehead atoms. The SMILES string of the molecule is CCOC(=O)C1=C(C)c2n[nH]nc2C[C@H]1C. The number of nitrogens with one attached hydrogen (secondary N) is 1. The molecule has 1 aromatic heterocycles. The topological polar surface area (TPSA) is 67.9 Å². The zero-order valence-electron chi connectivity index (χ0n) is 9.70. The highest BCUT2D eigenvalue weighted by molar-refractivity contribution is 5.98. The second kappa shape index (κ2) is 4.08. The monoisotopic (exact) mass is 221 g/mol. The number of allylic oxidation sites excluding steroid dienone is 1. The van der Waals surface area contributed by atoms with Gasteiger partial charge in [-0.15, -0.1) is 0 Å². The molecule has 5 heteroatoms. The minimum absolute atomic E-state index is 0.136. The van der Waals surface area contributed by atoms with E-state index < -0.39 is 0 Å². The van der Waals surface area contributed by atoms with Crippen LogP contribution in [-0.2, 0) is 16.0 Å². The summed E-state index contributed by atoms with van der Waals surface area (Å²) < 4.78 is 5.06. The van der Waals surface area contributed by atoms with Crippen molar-refractivity contribution in [1.82, 2.24) is 15.4 Å². The van der Waals surface area contributed by atoms with Crippen LogP contribution in [0.3, 0.4) is 0 Å². The summed E-state index contributed by atoms with van der Waals surface area (Å²) in [4.78, 5) is 11.8. The summed E-state index contributed by atoms with van der Waals surface area (Å²) in [5, 5.41) is 10.7. The van der Waals surface area contributed by atoms with Crippen LogP contribution in [0.1, 0.15) is 32.2 Å². The molecule has 86 valence electrons. The van der Waals surface area contributed by atoms with Crippen LogP contribution >= 0.6 is 0 Å². The van der Waals surface area contributed by atoms with Gasteiger partial charge in [0, 0.05) is 12.0 Å². The number of rotatable bonds is 2. The van der Waals surface area contributed by atoms with Crippen molar-refractivity contribution in [1.29, 1.82) is 0 Å². The van der Waals surface area contributed by atoms with E-state index in [0.29, 0.717) is 6.61 Å². The Bertz CT molecular complexity index is 448. The van der Waals surface area contributed by atoms with E-state index in [0.717, 1.165) is 29.0 Å². The fourth-order valence-electron chi connectivity index (χ4n) is 2.15. The smallest absolute Gasteiger partial charge is 0.334 e. The van der Waals surface area contributed by atoms with Crippen LogP contribution in [0.25, 0.3) is 5.57 Å². The number of ether oxygens (including phenoxy) is 1. The van der Waals surface area contributed by atoms with E-state index in [1.54, 1.807) is 0 Å². The van der Waals surface area contributed by atoms with Gasteiger partial charge in [-0.25, -0.2) is 4.79 Å². The Morgan fingerprint density at radius 3 is 3.00 bits per heavy atom. The summed E-state index contributed by atoms with van der Waals surface area (Å²) in [6, 6.07) is 0. The maximum absolute atomic E-state index is 11.8. The second-order valence-electron chi connectivity index (χ2n) is 3.98. The first-order valence-electron chi connectivity index (χ1n) is 5.43. The van der Waals surface area contributed by atoms with E-state index >= 15 is 0 Å². The van der Waals surface area contributed by atoms with Crippen molar-refractivity contribution < 1.29 is 9.53 Å². The molecule has 0 fully saturated rings. The van der Waals surface area contributed by atoms with E-state index in [2.05, 4.69) is 15.4 Å². The number of carbonyl (C=O) groups excluding carboxylic acids is 1. The quantitative estimate of drug-likeness (QED) is 0.765. The molecule has 0 saturated carbocycles. The maximum Gasteiger partial charge on any atom is 0.334 e. The first-order valence-corrected chi connectivity index (χ1v) is 5.43. The van der Waals surface area contributed by atoms with Gasteiger partial charge in [0.2, 0.25) is 0 Å². The largest absolute Gasteiger partial charge is 0.463 e. The predicted octanol–water partition coefficient (Wildman–Crippen LogP) is 1.33. The lowest BCUT2D eigenvalue weighted by Crippen LogP contribution is -2.21. The second-order valence-corrected chi connectivity index (χ2v) is 3.98. The number of hydrogen-bond acceptors (Lipinski definition) is 4. The summed E-state index contributed by atoms with van der Waals surface area (Å²) in [5.41, 5.74) is 3.32. The van der Waals surface area contributed by atoms with Crippen molar-refractivity contribution in [2.45, 2.75) is 27.2 Å². The van der Waals surface area contributed by atoms with Crippen LogP contribution in [0.5, 0.6) is 0 Å². The average molecular weight is 221 g/mol. The van der Waals surface area contributed by atoms with Crippen molar-refractivity contribution in [2.24, 2.45) is 5.92 Å². The molecular weight excluding hydrogens is 206 g/mol.